The minimum atomic E-state index is -0.822. The number of pyridine rings is 1. The van der Waals surface area contributed by atoms with Crippen molar-refractivity contribution in [2.24, 2.45) is 4.99 Å². The Morgan fingerprint density at radius 1 is 1.20 bits per heavy atom. The first kappa shape index (κ1) is 25.3. The van der Waals surface area contributed by atoms with Crippen molar-refractivity contribution in [3.05, 3.63) is 88.4 Å². The number of nitrogens with one attached hydrogen (secondary N) is 2. The second-order valence-corrected chi connectivity index (χ2v) is 8.07. The van der Waals surface area contributed by atoms with Gasteiger partial charge in [0.05, 0.1) is 22.4 Å². The smallest absolute Gasteiger partial charge is 0.303 e. The molecule has 180 valence electrons. The van der Waals surface area contributed by atoms with E-state index in [1.54, 1.807) is 19.3 Å². The molecule has 0 aliphatic rings. The van der Waals surface area contributed by atoms with Crippen LogP contribution in [0.3, 0.4) is 0 Å². The minimum absolute atomic E-state index is 0.0984. The number of carboxylic acid groups (broad SMARTS) is 1. The number of hydrogen-bond donors (Lipinski definition) is 3. The van der Waals surface area contributed by atoms with Crippen LogP contribution < -0.4 is 21.5 Å². The fourth-order valence-corrected chi connectivity index (χ4v) is 3.34. The number of aromatic amines is 1. The first-order valence-corrected chi connectivity index (χ1v) is 11.3. The highest BCUT2D eigenvalue weighted by Crippen LogP contribution is 2.12. The molecule has 2 aromatic heterocycles. The number of aliphatic carboxylic acids is 1. The summed E-state index contributed by atoms with van der Waals surface area (Å²) >= 11 is 0. The van der Waals surface area contributed by atoms with E-state index in [2.05, 4.69) is 26.9 Å². The maximum atomic E-state index is 12.6. The Morgan fingerprint density at radius 2 is 1.91 bits per heavy atom. The molecule has 8 heteroatoms. The Kier molecular flexibility index (Phi) is 8.83. The Balaban J connectivity index is 1.90. The van der Waals surface area contributed by atoms with Crippen molar-refractivity contribution in [3.8, 4) is 11.3 Å². The molecule has 0 saturated carbocycles. The van der Waals surface area contributed by atoms with Gasteiger partial charge in [-0.1, -0.05) is 43.0 Å². The molecule has 1 atom stereocenters. The Labute approximate surface area is 203 Å². The third-order valence-electron chi connectivity index (χ3n) is 5.31. The third kappa shape index (κ3) is 7.33. The molecule has 3 rings (SSSR count). The number of carboxylic acids is 1. The summed E-state index contributed by atoms with van der Waals surface area (Å²) in [7, 11) is 0. The van der Waals surface area contributed by atoms with Crippen LogP contribution in [0.4, 0.5) is 0 Å². The number of amides is 1. The van der Waals surface area contributed by atoms with Gasteiger partial charge in [0.1, 0.15) is 0 Å². The van der Waals surface area contributed by atoms with Gasteiger partial charge in [-0.2, -0.15) is 0 Å². The predicted octanol–water partition coefficient (Wildman–Crippen LogP) is 2.60. The SMILES string of the molecule is C=c1[nH]/c(=C/CCCC(=O)O)c(-c2ccccc2)nc1=N/C=C(\C)C(=O)NC(C)c1ccncc1. The van der Waals surface area contributed by atoms with E-state index in [9.17, 15) is 9.59 Å². The average molecular weight is 472 g/mol. The van der Waals surface area contributed by atoms with Crippen molar-refractivity contribution < 1.29 is 14.7 Å². The highest BCUT2D eigenvalue weighted by molar-refractivity contribution is 5.92. The summed E-state index contributed by atoms with van der Waals surface area (Å²) in [4.78, 5) is 39.8. The summed E-state index contributed by atoms with van der Waals surface area (Å²) in [5.41, 5.74) is 3.30. The molecule has 3 N–H and O–H groups in total. The molecule has 8 nitrogen and oxygen atoms in total. The van der Waals surface area contributed by atoms with Crippen molar-refractivity contribution >= 4 is 24.5 Å². The van der Waals surface area contributed by atoms with E-state index in [0.29, 0.717) is 34.9 Å². The normalized spacial score (nSPS) is 13.5. The van der Waals surface area contributed by atoms with Gasteiger partial charge in [-0.25, -0.2) is 9.98 Å². The number of H-pyrrole nitrogens is 1. The topological polar surface area (TPSA) is 120 Å². The number of carbonyl (C=O) groups is 2. The van der Waals surface area contributed by atoms with Gasteiger partial charge in [-0.05, 0) is 44.4 Å². The summed E-state index contributed by atoms with van der Waals surface area (Å²) in [6, 6.07) is 13.2. The molecule has 0 fully saturated rings. The summed E-state index contributed by atoms with van der Waals surface area (Å²) in [6.45, 7) is 7.61. The highest BCUT2D eigenvalue weighted by Gasteiger charge is 2.10. The molecule has 3 aromatic rings. The number of carbonyl (C=O) groups excluding carboxylic acids is 1. The minimum Gasteiger partial charge on any atom is -0.481 e. The number of nitrogens with zero attached hydrogens (tertiary/aromatic N) is 3. The van der Waals surface area contributed by atoms with Crippen molar-refractivity contribution in [2.75, 3.05) is 0 Å². The first-order valence-electron chi connectivity index (χ1n) is 11.3. The fraction of sp³-hybridized carbons (Fsp3) is 0.222. The zero-order chi connectivity index (χ0) is 25.2. The van der Waals surface area contributed by atoms with E-state index in [0.717, 1.165) is 16.5 Å². The van der Waals surface area contributed by atoms with Gasteiger partial charge in [0.2, 0.25) is 5.91 Å². The molecule has 35 heavy (non-hydrogen) atoms. The molecule has 0 saturated heterocycles. The zero-order valence-electron chi connectivity index (χ0n) is 19.9. The highest BCUT2D eigenvalue weighted by atomic mass is 16.4. The molecular formula is C27H29N5O3. The summed E-state index contributed by atoms with van der Waals surface area (Å²) in [5.74, 6) is -1.06. The van der Waals surface area contributed by atoms with Gasteiger partial charge in [-0.15, -0.1) is 0 Å². The first-order chi connectivity index (χ1) is 16.8. The second kappa shape index (κ2) is 12.2. The molecule has 2 heterocycles. The predicted molar refractivity (Wildman–Crippen MR) is 135 cm³/mol. The Morgan fingerprint density at radius 3 is 2.60 bits per heavy atom. The number of rotatable bonds is 9. The Hall–Kier alpha value is -4.33. The van der Waals surface area contributed by atoms with Crippen LogP contribution >= 0.6 is 0 Å². The van der Waals surface area contributed by atoms with Gasteiger partial charge in [-0.3, -0.25) is 14.6 Å². The molecule has 0 bridgehead atoms. The fourth-order valence-electron chi connectivity index (χ4n) is 3.34. The lowest BCUT2D eigenvalue weighted by molar-refractivity contribution is -0.137. The number of benzene rings is 1. The van der Waals surface area contributed by atoms with Gasteiger partial charge in [0, 0.05) is 36.2 Å². The third-order valence-corrected chi connectivity index (χ3v) is 5.31. The van der Waals surface area contributed by atoms with Crippen LogP contribution in [-0.2, 0) is 9.59 Å². The van der Waals surface area contributed by atoms with Crippen LogP contribution in [0.2, 0.25) is 0 Å². The van der Waals surface area contributed by atoms with E-state index in [-0.39, 0.29) is 18.4 Å². The van der Waals surface area contributed by atoms with Crippen LogP contribution in [-0.4, -0.2) is 31.9 Å². The van der Waals surface area contributed by atoms with E-state index < -0.39 is 5.97 Å². The lowest BCUT2D eigenvalue weighted by Gasteiger charge is -2.13. The number of aromatic nitrogens is 3. The quantitative estimate of drug-likeness (QED) is 0.327. The maximum absolute atomic E-state index is 12.6. The molecular weight excluding hydrogens is 442 g/mol. The lowest BCUT2D eigenvalue weighted by Crippen LogP contribution is -2.38. The van der Waals surface area contributed by atoms with Crippen LogP contribution in [0, 0.1) is 0 Å². The maximum Gasteiger partial charge on any atom is 0.303 e. The van der Waals surface area contributed by atoms with Crippen molar-refractivity contribution in [1.82, 2.24) is 20.3 Å². The summed E-state index contributed by atoms with van der Waals surface area (Å²) < 4.78 is 0. The molecule has 0 spiro atoms. The monoisotopic (exact) mass is 471 g/mol. The van der Waals surface area contributed by atoms with Crippen molar-refractivity contribution in [2.45, 2.75) is 39.2 Å². The average Bonchev–Trinajstić information content (AvgIpc) is 2.86. The Bertz CT molecular complexity index is 1380. The summed E-state index contributed by atoms with van der Waals surface area (Å²) in [5, 5.41) is 13.1. The van der Waals surface area contributed by atoms with E-state index in [1.165, 1.54) is 6.20 Å². The lowest BCUT2D eigenvalue weighted by atomic mass is 10.1. The molecule has 1 unspecified atom stereocenters. The molecule has 0 radical (unpaired) electrons. The van der Waals surface area contributed by atoms with Gasteiger partial charge in [0.15, 0.2) is 5.49 Å². The number of hydrogen-bond acceptors (Lipinski definition) is 5. The van der Waals surface area contributed by atoms with E-state index in [1.807, 2.05) is 55.5 Å². The van der Waals surface area contributed by atoms with Crippen LogP contribution in [0.25, 0.3) is 23.9 Å². The molecule has 1 amide bonds. The second-order valence-electron chi connectivity index (χ2n) is 8.07. The molecule has 0 aliphatic heterocycles. The largest absolute Gasteiger partial charge is 0.481 e. The number of unbranched alkanes of at least 4 members (excludes halogenated alkanes) is 1. The standard InChI is InChI=1S/C27H29N5O3/c1-18(27(35)31-19(2)21-13-15-28-16-14-21)17-29-26-20(3)30-23(11-7-8-12-24(33)34)25(32-26)22-9-5-4-6-10-22/h4-6,9-11,13-17,19,30H,3,7-8,12H2,1-2H3,(H,31,35)(H,33,34)/b18-17+,23-11+,29-26?. The van der Waals surface area contributed by atoms with Crippen LogP contribution in [0.5, 0.6) is 0 Å². The van der Waals surface area contributed by atoms with Crippen molar-refractivity contribution in [1.29, 1.82) is 0 Å². The zero-order valence-corrected chi connectivity index (χ0v) is 19.9. The van der Waals surface area contributed by atoms with Crippen molar-refractivity contribution in [3.63, 3.8) is 0 Å². The molecule has 0 aliphatic carbocycles. The van der Waals surface area contributed by atoms with Gasteiger partial charge < -0.3 is 15.4 Å². The van der Waals surface area contributed by atoms with Crippen LogP contribution in [0.1, 0.15) is 44.7 Å². The van der Waals surface area contributed by atoms with E-state index in [4.69, 9.17) is 10.1 Å². The van der Waals surface area contributed by atoms with Gasteiger partial charge >= 0.3 is 5.97 Å². The van der Waals surface area contributed by atoms with Gasteiger partial charge in [0.25, 0.3) is 0 Å². The van der Waals surface area contributed by atoms with E-state index >= 15 is 0 Å². The molecule has 1 aromatic carbocycles. The summed E-state index contributed by atoms with van der Waals surface area (Å²) in [6.07, 6.45) is 7.97. The van der Waals surface area contributed by atoms with Crippen LogP contribution in [0.15, 0.2) is 71.6 Å².